The Morgan fingerprint density at radius 1 is 1.14 bits per heavy atom. The van der Waals surface area contributed by atoms with E-state index in [0.717, 1.165) is 25.3 Å². The number of aryl methyl sites for hydroxylation is 2. The van der Waals surface area contributed by atoms with E-state index in [1.165, 1.54) is 37.3 Å². The first-order valence-electron chi connectivity index (χ1n) is 8.85. The molecule has 1 aliphatic carbocycles. The minimum atomic E-state index is -1.09. The van der Waals surface area contributed by atoms with Crippen LogP contribution in [0.3, 0.4) is 0 Å². The molecule has 1 aliphatic rings. The highest BCUT2D eigenvalue weighted by Gasteiger charge is 2.24. The van der Waals surface area contributed by atoms with Gasteiger partial charge in [-0.2, -0.15) is 0 Å². The number of rotatable bonds is 6. The lowest BCUT2D eigenvalue weighted by molar-refractivity contribution is -0.384. The van der Waals surface area contributed by atoms with Crippen LogP contribution in [0.4, 0.5) is 11.4 Å². The number of nitro benzene ring substituents is 1. The highest BCUT2D eigenvalue weighted by Crippen LogP contribution is 2.26. The second-order valence-electron chi connectivity index (χ2n) is 6.52. The number of nitrogens with one attached hydrogen (secondary N) is 1. The normalized spacial score (nSPS) is 13.4. The summed E-state index contributed by atoms with van der Waals surface area (Å²) >= 11 is 0. The molecular weight excluding hydrogens is 364 g/mol. The van der Waals surface area contributed by atoms with Gasteiger partial charge in [-0.3, -0.25) is 14.9 Å². The fourth-order valence-corrected chi connectivity index (χ4v) is 3.14. The minimum absolute atomic E-state index is 0.117. The van der Waals surface area contributed by atoms with E-state index in [2.05, 4.69) is 5.32 Å². The van der Waals surface area contributed by atoms with Crippen molar-refractivity contribution in [2.45, 2.75) is 32.3 Å². The van der Waals surface area contributed by atoms with Crippen molar-refractivity contribution in [2.24, 2.45) is 0 Å². The zero-order valence-corrected chi connectivity index (χ0v) is 15.6. The van der Waals surface area contributed by atoms with Gasteiger partial charge in [-0.25, -0.2) is 4.79 Å². The number of hydrogen-bond donors (Lipinski definition) is 1. The highest BCUT2D eigenvalue weighted by atomic mass is 16.6. The number of carbonyl (C=O) groups is 2. The molecule has 146 valence electrons. The van der Waals surface area contributed by atoms with Crippen molar-refractivity contribution in [3.05, 3.63) is 63.2 Å². The third-order valence-electron chi connectivity index (χ3n) is 4.63. The first-order chi connectivity index (χ1) is 13.4. The minimum Gasteiger partial charge on any atom is -0.496 e. The van der Waals surface area contributed by atoms with Crippen LogP contribution in [0.25, 0.3) is 0 Å². The third-order valence-corrected chi connectivity index (χ3v) is 4.63. The zero-order chi connectivity index (χ0) is 20.3. The first kappa shape index (κ1) is 19.3. The summed E-state index contributed by atoms with van der Waals surface area (Å²) in [6.07, 6.45) is 2.04. The van der Waals surface area contributed by atoms with Gasteiger partial charge in [0.15, 0.2) is 6.10 Å². The Bertz CT molecular complexity index is 940. The molecule has 0 aliphatic heterocycles. The van der Waals surface area contributed by atoms with Crippen LogP contribution in [0.15, 0.2) is 36.4 Å². The highest BCUT2D eigenvalue weighted by molar-refractivity contribution is 5.98. The molecule has 2 aromatic carbocycles. The first-order valence-corrected chi connectivity index (χ1v) is 8.85. The lowest BCUT2D eigenvalue weighted by atomic mass is 10.1. The van der Waals surface area contributed by atoms with Crippen LogP contribution in [-0.2, 0) is 22.4 Å². The number of hydrogen-bond acceptors (Lipinski definition) is 6. The van der Waals surface area contributed by atoms with E-state index in [9.17, 15) is 19.7 Å². The lowest BCUT2D eigenvalue weighted by Crippen LogP contribution is -2.30. The van der Waals surface area contributed by atoms with Crippen LogP contribution in [0.1, 0.15) is 34.8 Å². The van der Waals surface area contributed by atoms with Crippen molar-refractivity contribution in [3.8, 4) is 5.75 Å². The summed E-state index contributed by atoms with van der Waals surface area (Å²) in [6.45, 7) is 1.43. The van der Waals surface area contributed by atoms with E-state index in [1.807, 2.05) is 18.2 Å². The summed E-state index contributed by atoms with van der Waals surface area (Å²) in [4.78, 5) is 35.1. The summed E-state index contributed by atoms with van der Waals surface area (Å²) in [7, 11) is 1.34. The Hall–Kier alpha value is -3.42. The van der Waals surface area contributed by atoms with Crippen molar-refractivity contribution in [2.75, 3.05) is 12.4 Å². The van der Waals surface area contributed by atoms with E-state index in [1.54, 1.807) is 0 Å². The number of amides is 1. The number of nitro groups is 1. The van der Waals surface area contributed by atoms with Crippen LogP contribution >= 0.6 is 0 Å². The van der Waals surface area contributed by atoms with Crippen LogP contribution in [0.2, 0.25) is 0 Å². The largest absolute Gasteiger partial charge is 0.496 e. The number of fused-ring (bicyclic) bond motifs is 1. The third kappa shape index (κ3) is 4.11. The monoisotopic (exact) mass is 384 g/mol. The number of carbonyl (C=O) groups excluding carboxylic acids is 2. The van der Waals surface area contributed by atoms with Gasteiger partial charge in [0.05, 0.1) is 12.0 Å². The number of non-ortho nitro benzene ring substituents is 1. The molecular formula is C20H20N2O6. The zero-order valence-electron chi connectivity index (χ0n) is 15.6. The molecule has 8 heteroatoms. The van der Waals surface area contributed by atoms with Gasteiger partial charge in [-0.15, -0.1) is 0 Å². The van der Waals surface area contributed by atoms with Gasteiger partial charge in [0, 0.05) is 17.8 Å². The smallest absolute Gasteiger partial charge is 0.342 e. The number of benzene rings is 2. The molecule has 0 saturated carbocycles. The fourth-order valence-electron chi connectivity index (χ4n) is 3.14. The van der Waals surface area contributed by atoms with Crippen LogP contribution in [-0.4, -0.2) is 30.0 Å². The molecule has 3 rings (SSSR count). The second kappa shape index (κ2) is 8.08. The van der Waals surface area contributed by atoms with Gasteiger partial charge in [0.2, 0.25) is 0 Å². The average molecular weight is 384 g/mol. The maximum atomic E-state index is 12.4. The Kier molecular flexibility index (Phi) is 5.58. The Labute approximate surface area is 161 Å². The molecule has 0 radical (unpaired) electrons. The van der Waals surface area contributed by atoms with Crippen LogP contribution in [0, 0.1) is 10.1 Å². The fraction of sp³-hybridized carbons (Fsp3) is 0.300. The molecule has 28 heavy (non-hydrogen) atoms. The molecule has 0 heterocycles. The molecule has 1 amide bonds. The van der Waals surface area contributed by atoms with Crippen molar-refractivity contribution in [1.29, 1.82) is 0 Å². The summed E-state index contributed by atoms with van der Waals surface area (Å²) < 4.78 is 10.2. The molecule has 0 fully saturated rings. The maximum Gasteiger partial charge on any atom is 0.342 e. The van der Waals surface area contributed by atoms with E-state index in [4.69, 9.17) is 9.47 Å². The van der Waals surface area contributed by atoms with Crippen molar-refractivity contribution in [3.63, 3.8) is 0 Å². The molecule has 0 unspecified atom stereocenters. The number of nitrogens with zero attached hydrogens (tertiary/aromatic N) is 1. The molecule has 2 aromatic rings. The summed E-state index contributed by atoms with van der Waals surface area (Å²) in [5, 5.41) is 13.7. The lowest BCUT2D eigenvalue weighted by Gasteiger charge is -2.15. The second-order valence-corrected chi connectivity index (χ2v) is 6.52. The standard InChI is InChI=1S/C20H20N2O6/c1-12(19(23)21-15-7-6-13-4-3-5-14(13)10-15)28-20(24)17-11-16(22(25)26)8-9-18(17)27-2/h6-12H,3-5H2,1-2H3,(H,21,23)/t12-/m0/s1. The van der Waals surface area contributed by atoms with Gasteiger partial charge < -0.3 is 14.8 Å². The van der Waals surface area contributed by atoms with Crippen LogP contribution < -0.4 is 10.1 Å². The van der Waals surface area contributed by atoms with Gasteiger partial charge in [-0.05, 0) is 55.5 Å². The van der Waals surface area contributed by atoms with E-state index in [-0.39, 0.29) is 17.0 Å². The summed E-state index contributed by atoms with van der Waals surface area (Å²) in [5.41, 5.74) is 2.75. The van der Waals surface area contributed by atoms with Gasteiger partial charge >= 0.3 is 5.97 Å². The van der Waals surface area contributed by atoms with Crippen molar-refractivity contribution < 1.29 is 24.0 Å². The molecule has 0 aromatic heterocycles. The van der Waals surface area contributed by atoms with Gasteiger partial charge in [-0.1, -0.05) is 6.07 Å². The molecule has 8 nitrogen and oxygen atoms in total. The van der Waals surface area contributed by atoms with E-state index in [0.29, 0.717) is 5.69 Å². The molecule has 0 bridgehead atoms. The molecule has 0 saturated heterocycles. The number of esters is 1. The Morgan fingerprint density at radius 2 is 1.89 bits per heavy atom. The predicted molar refractivity (Wildman–Crippen MR) is 102 cm³/mol. The summed E-state index contributed by atoms with van der Waals surface area (Å²) in [6, 6.07) is 9.33. The van der Waals surface area contributed by atoms with Gasteiger partial charge in [0.25, 0.3) is 11.6 Å². The van der Waals surface area contributed by atoms with E-state index < -0.39 is 22.9 Å². The number of ether oxygens (including phenoxy) is 2. The van der Waals surface area contributed by atoms with Crippen molar-refractivity contribution in [1.82, 2.24) is 0 Å². The van der Waals surface area contributed by atoms with Crippen LogP contribution in [0.5, 0.6) is 5.75 Å². The topological polar surface area (TPSA) is 108 Å². The van der Waals surface area contributed by atoms with E-state index >= 15 is 0 Å². The maximum absolute atomic E-state index is 12.4. The van der Waals surface area contributed by atoms with Gasteiger partial charge in [0.1, 0.15) is 11.3 Å². The quantitative estimate of drug-likeness (QED) is 0.465. The SMILES string of the molecule is COc1ccc([N+](=O)[O-])cc1C(=O)O[C@@H](C)C(=O)Nc1ccc2c(c1)CCC2. The van der Waals surface area contributed by atoms with Crippen molar-refractivity contribution >= 4 is 23.3 Å². The average Bonchev–Trinajstić information content (AvgIpc) is 3.15. The predicted octanol–water partition coefficient (Wildman–Crippen LogP) is 3.28. The Morgan fingerprint density at radius 3 is 2.61 bits per heavy atom. The Balaban J connectivity index is 1.69. The number of methoxy groups -OCH3 is 1. The molecule has 1 atom stereocenters. The summed E-state index contributed by atoms with van der Waals surface area (Å²) in [5.74, 6) is -1.24. The molecule has 0 spiro atoms. The number of anilines is 1. The molecule has 1 N–H and O–H groups in total.